The quantitative estimate of drug-likeness (QED) is 0.645. The fraction of sp³-hybridized carbons (Fsp3) is 0.833. The highest BCUT2D eigenvalue weighted by molar-refractivity contribution is 4.98. The Morgan fingerprint density at radius 1 is 1.46 bits per heavy atom. The minimum atomic E-state index is 0.722. The summed E-state index contributed by atoms with van der Waals surface area (Å²) in [5, 5.41) is 0. The monoisotopic (exact) mass is 181 g/mol. The van der Waals surface area contributed by atoms with Gasteiger partial charge in [-0.05, 0) is 38.5 Å². The van der Waals surface area contributed by atoms with Gasteiger partial charge >= 0.3 is 0 Å². The van der Waals surface area contributed by atoms with Crippen LogP contribution in [0.2, 0.25) is 0 Å². The predicted octanol–water partition coefficient (Wildman–Crippen LogP) is 3.42. The third-order valence-corrected chi connectivity index (χ3v) is 2.85. The molecule has 1 nitrogen and oxygen atoms in total. The van der Waals surface area contributed by atoms with Crippen LogP contribution < -0.4 is 0 Å². The van der Waals surface area contributed by atoms with E-state index in [1.165, 1.54) is 31.5 Å². The number of rotatable bonds is 3. The highest BCUT2D eigenvalue weighted by Crippen LogP contribution is 2.23. The van der Waals surface area contributed by atoms with E-state index in [0.717, 1.165) is 18.4 Å². The first kappa shape index (κ1) is 10.6. The van der Waals surface area contributed by atoms with Crippen molar-refractivity contribution in [3.63, 3.8) is 0 Å². The van der Waals surface area contributed by atoms with Crippen LogP contribution in [-0.2, 0) is 0 Å². The van der Waals surface area contributed by atoms with E-state index in [4.69, 9.17) is 0 Å². The number of allylic oxidation sites excluding steroid dienone is 1. The Morgan fingerprint density at radius 3 is 2.69 bits per heavy atom. The molecule has 0 bridgehead atoms. The standard InChI is InChI=1S/C12H23N/c1-10(2)9-12(4)13-8-6-5-7-11(13)3/h10-11H,4-9H2,1-3H3. The zero-order valence-corrected chi connectivity index (χ0v) is 9.34. The smallest absolute Gasteiger partial charge is 0.0258 e. The van der Waals surface area contributed by atoms with E-state index in [1.807, 2.05) is 0 Å². The molecule has 1 heterocycles. The lowest BCUT2D eigenvalue weighted by Crippen LogP contribution is -2.36. The van der Waals surface area contributed by atoms with Crippen molar-refractivity contribution in [1.29, 1.82) is 0 Å². The molecule has 0 aromatic rings. The molecule has 1 saturated heterocycles. The Labute approximate surface area is 82.8 Å². The van der Waals surface area contributed by atoms with E-state index in [2.05, 4.69) is 32.3 Å². The van der Waals surface area contributed by atoms with Crippen LogP contribution in [0, 0.1) is 5.92 Å². The third-order valence-electron chi connectivity index (χ3n) is 2.85. The van der Waals surface area contributed by atoms with Crippen molar-refractivity contribution in [1.82, 2.24) is 4.90 Å². The Bertz CT molecular complexity index is 172. The van der Waals surface area contributed by atoms with Crippen LogP contribution in [0.25, 0.3) is 0 Å². The average Bonchev–Trinajstić information content (AvgIpc) is 2.03. The van der Waals surface area contributed by atoms with Gasteiger partial charge in [-0.25, -0.2) is 0 Å². The van der Waals surface area contributed by atoms with Crippen LogP contribution in [0.4, 0.5) is 0 Å². The summed E-state index contributed by atoms with van der Waals surface area (Å²) in [5.74, 6) is 0.738. The molecule has 0 N–H and O–H groups in total. The van der Waals surface area contributed by atoms with Crippen LogP contribution in [0.1, 0.15) is 46.5 Å². The lowest BCUT2D eigenvalue weighted by atomic mass is 10.0. The fourth-order valence-corrected chi connectivity index (χ4v) is 2.16. The minimum absolute atomic E-state index is 0.722. The van der Waals surface area contributed by atoms with Crippen LogP contribution in [0.5, 0.6) is 0 Å². The van der Waals surface area contributed by atoms with Crippen molar-refractivity contribution in [2.45, 2.75) is 52.5 Å². The molecule has 0 radical (unpaired) electrons. The SMILES string of the molecule is C=C(CC(C)C)N1CCCCC1C. The molecule has 0 spiro atoms. The van der Waals surface area contributed by atoms with Crippen molar-refractivity contribution >= 4 is 0 Å². The van der Waals surface area contributed by atoms with Gasteiger partial charge in [0.15, 0.2) is 0 Å². The number of hydrogen-bond acceptors (Lipinski definition) is 1. The zero-order chi connectivity index (χ0) is 9.84. The lowest BCUT2D eigenvalue weighted by molar-refractivity contribution is 0.199. The zero-order valence-electron chi connectivity index (χ0n) is 9.34. The van der Waals surface area contributed by atoms with Crippen molar-refractivity contribution in [3.8, 4) is 0 Å². The number of nitrogens with zero attached hydrogens (tertiary/aromatic N) is 1. The fourth-order valence-electron chi connectivity index (χ4n) is 2.16. The Hall–Kier alpha value is -0.460. The van der Waals surface area contributed by atoms with Crippen molar-refractivity contribution in [2.75, 3.05) is 6.54 Å². The summed E-state index contributed by atoms with van der Waals surface area (Å²) >= 11 is 0. The van der Waals surface area contributed by atoms with E-state index >= 15 is 0 Å². The minimum Gasteiger partial charge on any atom is -0.373 e. The first-order valence-electron chi connectivity index (χ1n) is 5.55. The molecule has 0 aliphatic carbocycles. The second kappa shape index (κ2) is 4.69. The lowest BCUT2D eigenvalue weighted by Gasteiger charge is -2.37. The molecule has 1 rings (SSSR count). The van der Waals surface area contributed by atoms with Gasteiger partial charge < -0.3 is 4.90 Å². The molecule has 76 valence electrons. The van der Waals surface area contributed by atoms with Crippen molar-refractivity contribution in [2.24, 2.45) is 5.92 Å². The van der Waals surface area contributed by atoms with Gasteiger partial charge in [0.25, 0.3) is 0 Å². The third kappa shape index (κ3) is 3.06. The van der Waals surface area contributed by atoms with Crippen LogP contribution in [0.3, 0.4) is 0 Å². The van der Waals surface area contributed by atoms with E-state index < -0.39 is 0 Å². The van der Waals surface area contributed by atoms with Gasteiger partial charge in [-0.1, -0.05) is 20.4 Å². The first-order chi connectivity index (χ1) is 6.11. The van der Waals surface area contributed by atoms with Crippen molar-refractivity contribution < 1.29 is 0 Å². The molecule has 13 heavy (non-hydrogen) atoms. The molecule has 0 aromatic carbocycles. The summed E-state index contributed by atoms with van der Waals surface area (Å²) in [6.07, 6.45) is 5.25. The van der Waals surface area contributed by atoms with Gasteiger partial charge in [0.1, 0.15) is 0 Å². The highest BCUT2D eigenvalue weighted by atomic mass is 15.2. The maximum absolute atomic E-state index is 4.19. The van der Waals surface area contributed by atoms with Crippen molar-refractivity contribution in [3.05, 3.63) is 12.3 Å². The number of hydrogen-bond donors (Lipinski definition) is 0. The van der Waals surface area contributed by atoms with Crippen LogP contribution in [-0.4, -0.2) is 17.5 Å². The summed E-state index contributed by atoms with van der Waals surface area (Å²) in [7, 11) is 0. The van der Waals surface area contributed by atoms with Crippen LogP contribution >= 0.6 is 0 Å². The average molecular weight is 181 g/mol. The van der Waals surface area contributed by atoms with E-state index in [1.54, 1.807) is 0 Å². The molecular weight excluding hydrogens is 158 g/mol. The second-order valence-electron chi connectivity index (χ2n) is 4.70. The summed E-state index contributed by atoms with van der Waals surface area (Å²) in [6, 6.07) is 0.722. The molecule has 0 amide bonds. The number of likely N-dealkylation sites (tertiary alicyclic amines) is 1. The molecule has 1 aliphatic heterocycles. The van der Waals surface area contributed by atoms with Gasteiger partial charge in [0.2, 0.25) is 0 Å². The van der Waals surface area contributed by atoms with E-state index in [0.29, 0.717) is 0 Å². The molecule has 0 aromatic heterocycles. The normalized spacial score (nSPS) is 23.7. The molecule has 0 saturated carbocycles. The molecule has 1 fully saturated rings. The second-order valence-corrected chi connectivity index (χ2v) is 4.70. The molecule has 1 unspecified atom stereocenters. The Morgan fingerprint density at radius 2 is 2.15 bits per heavy atom. The van der Waals surface area contributed by atoms with Gasteiger partial charge in [-0.2, -0.15) is 0 Å². The van der Waals surface area contributed by atoms with E-state index in [-0.39, 0.29) is 0 Å². The Kier molecular flexibility index (Phi) is 3.83. The summed E-state index contributed by atoms with van der Waals surface area (Å²) < 4.78 is 0. The predicted molar refractivity (Wildman–Crippen MR) is 58.6 cm³/mol. The molecular formula is C12H23N. The van der Waals surface area contributed by atoms with Crippen LogP contribution in [0.15, 0.2) is 12.3 Å². The van der Waals surface area contributed by atoms with Gasteiger partial charge in [0.05, 0.1) is 0 Å². The number of piperidine rings is 1. The first-order valence-corrected chi connectivity index (χ1v) is 5.55. The summed E-state index contributed by atoms with van der Waals surface area (Å²) in [5.41, 5.74) is 1.35. The summed E-state index contributed by atoms with van der Waals surface area (Å²) in [6.45, 7) is 12.3. The maximum atomic E-state index is 4.19. The molecule has 1 heteroatoms. The molecule has 1 atom stereocenters. The topological polar surface area (TPSA) is 3.24 Å². The molecule has 1 aliphatic rings. The van der Waals surface area contributed by atoms with E-state index in [9.17, 15) is 0 Å². The Balaban J connectivity index is 2.44. The van der Waals surface area contributed by atoms with Gasteiger partial charge in [-0.15, -0.1) is 0 Å². The van der Waals surface area contributed by atoms with Gasteiger partial charge in [0, 0.05) is 18.3 Å². The maximum Gasteiger partial charge on any atom is 0.0258 e. The highest BCUT2D eigenvalue weighted by Gasteiger charge is 2.19. The largest absolute Gasteiger partial charge is 0.373 e. The van der Waals surface area contributed by atoms with Gasteiger partial charge in [-0.3, -0.25) is 0 Å². The summed E-state index contributed by atoms with van der Waals surface area (Å²) in [4.78, 5) is 2.50.